The van der Waals surface area contributed by atoms with Gasteiger partial charge in [0.2, 0.25) is 0 Å². The van der Waals surface area contributed by atoms with E-state index in [1.165, 1.54) is 11.3 Å². The molecule has 0 radical (unpaired) electrons. The SMILES string of the molecule is CCOC(=O)c1[nH]c2c(/C(N)=N/OC(=O)CCl)csc2c1-c1cc(Cl)cc(Cl)c1. The number of aromatic amines is 1. The molecular formula is C18H14Cl3N3O4S. The Bertz CT molecular complexity index is 1100. The van der Waals surface area contributed by atoms with Crippen LogP contribution in [0.4, 0.5) is 0 Å². The van der Waals surface area contributed by atoms with Crippen LogP contribution in [0, 0.1) is 0 Å². The van der Waals surface area contributed by atoms with Gasteiger partial charge in [0, 0.05) is 21.0 Å². The summed E-state index contributed by atoms with van der Waals surface area (Å²) in [4.78, 5) is 31.4. The molecule has 2 aromatic heterocycles. The second kappa shape index (κ2) is 9.04. The molecule has 3 N–H and O–H groups in total. The number of esters is 1. The lowest BCUT2D eigenvalue weighted by Crippen LogP contribution is -2.15. The van der Waals surface area contributed by atoms with Crippen LogP contribution in [0.1, 0.15) is 23.0 Å². The molecule has 0 aliphatic carbocycles. The third-order valence-corrected chi connectivity index (χ3v) is 5.43. The Hall–Kier alpha value is -2.26. The Balaban J connectivity index is 2.19. The van der Waals surface area contributed by atoms with Crippen molar-refractivity contribution in [3.8, 4) is 11.1 Å². The average Bonchev–Trinajstić information content (AvgIpc) is 3.24. The van der Waals surface area contributed by atoms with Gasteiger partial charge in [-0.05, 0) is 30.7 Å². The maximum Gasteiger partial charge on any atom is 0.355 e. The molecule has 11 heteroatoms. The molecule has 2 heterocycles. The first kappa shape index (κ1) is 21.4. The van der Waals surface area contributed by atoms with Crippen LogP contribution in [0.3, 0.4) is 0 Å². The number of fused-ring (bicyclic) bond motifs is 1. The lowest BCUT2D eigenvalue weighted by Gasteiger charge is -2.06. The van der Waals surface area contributed by atoms with Crippen molar-refractivity contribution in [2.75, 3.05) is 12.5 Å². The zero-order valence-corrected chi connectivity index (χ0v) is 18.0. The molecule has 0 aliphatic rings. The molecule has 0 bridgehead atoms. The summed E-state index contributed by atoms with van der Waals surface area (Å²) in [6.45, 7) is 1.91. The van der Waals surface area contributed by atoms with Crippen LogP contribution in [0.2, 0.25) is 10.0 Å². The van der Waals surface area contributed by atoms with Crippen LogP contribution < -0.4 is 5.73 Å². The van der Waals surface area contributed by atoms with Crippen LogP contribution in [0.5, 0.6) is 0 Å². The molecule has 3 aromatic rings. The van der Waals surface area contributed by atoms with E-state index in [-0.39, 0.29) is 24.0 Å². The van der Waals surface area contributed by atoms with Gasteiger partial charge in [0.15, 0.2) is 5.84 Å². The minimum atomic E-state index is -0.742. The lowest BCUT2D eigenvalue weighted by atomic mass is 10.1. The normalized spacial score (nSPS) is 11.7. The van der Waals surface area contributed by atoms with Crippen molar-refractivity contribution in [1.82, 2.24) is 4.98 Å². The Morgan fingerprint density at radius 1 is 1.24 bits per heavy atom. The molecule has 0 saturated heterocycles. The van der Waals surface area contributed by atoms with Crippen molar-refractivity contribution in [3.63, 3.8) is 0 Å². The number of carbonyl (C=O) groups excluding carboxylic acids is 2. The number of nitrogens with one attached hydrogen (secondary N) is 1. The predicted molar refractivity (Wildman–Crippen MR) is 115 cm³/mol. The fourth-order valence-corrected chi connectivity index (χ4v) is 4.32. The molecule has 7 nitrogen and oxygen atoms in total. The van der Waals surface area contributed by atoms with Gasteiger partial charge in [0.25, 0.3) is 0 Å². The predicted octanol–water partition coefficient (Wildman–Crippen LogP) is 4.78. The first-order valence-corrected chi connectivity index (χ1v) is 10.4. The van der Waals surface area contributed by atoms with Gasteiger partial charge in [-0.15, -0.1) is 22.9 Å². The van der Waals surface area contributed by atoms with Gasteiger partial charge < -0.3 is 20.3 Å². The second-order valence-electron chi connectivity index (χ2n) is 5.68. The molecule has 0 aliphatic heterocycles. The molecule has 29 heavy (non-hydrogen) atoms. The number of carbonyl (C=O) groups is 2. The molecule has 152 valence electrons. The highest BCUT2D eigenvalue weighted by Crippen LogP contribution is 2.40. The number of thiophene rings is 1. The van der Waals surface area contributed by atoms with Gasteiger partial charge in [-0.2, -0.15) is 0 Å². The number of amidine groups is 1. The number of H-pyrrole nitrogens is 1. The molecule has 0 atom stereocenters. The number of halogens is 3. The van der Waals surface area contributed by atoms with E-state index in [0.717, 1.165) is 0 Å². The molecule has 0 saturated carbocycles. The van der Waals surface area contributed by atoms with Crippen molar-refractivity contribution in [3.05, 3.63) is 44.9 Å². The molecule has 3 rings (SSSR count). The average molecular weight is 475 g/mol. The van der Waals surface area contributed by atoms with Crippen LogP contribution in [0.15, 0.2) is 28.7 Å². The highest BCUT2D eigenvalue weighted by atomic mass is 35.5. The van der Waals surface area contributed by atoms with E-state index in [2.05, 4.69) is 15.0 Å². The number of nitrogens with two attached hydrogens (primary N) is 1. The number of nitrogens with zero attached hydrogens (tertiary/aromatic N) is 1. The highest BCUT2D eigenvalue weighted by Gasteiger charge is 2.24. The molecule has 1 aromatic carbocycles. The zero-order valence-electron chi connectivity index (χ0n) is 14.9. The van der Waals surface area contributed by atoms with Gasteiger partial charge in [0.05, 0.1) is 22.4 Å². The van der Waals surface area contributed by atoms with Gasteiger partial charge >= 0.3 is 11.9 Å². The van der Waals surface area contributed by atoms with E-state index >= 15 is 0 Å². The van der Waals surface area contributed by atoms with Crippen molar-refractivity contribution in [1.29, 1.82) is 0 Å². The largest absolute Gasteiger partial charge is 0.461 e. The number of aromatic nitrogens is 1. The van der Waals surface area contributed by atoms with E-state index in [9.17, 15) is 9.59 Å². The smallest absolute Gasteiger partial charge is 0.355 e. The third-order valence-electron chi connectivity index (χ3n) is 3.78. The molecule has 0 unspecified atom stereocenters. The van der Waals surface area contributed by atoms with Crippen molar-refractivity contribution in [2.24, 2.45) is 10.9 Å². The summed E-state index contributed by atoms with van der Waals surface area (Å²) < 4.78 is 5.88. The summed E-state index contributed by atoms with van der Waals surface area (Å²) in [5.74, 6) is -1.70. The minimum Gasteiger partial charge on any atom is -0.461 e. The summed E-state index contributed by atoms with van der Waals surface area (Å²) >= 11 is 19.0. The Kier molecular flexibility index (Phi) is 6.69. The van der Waals surface area contributed by atoms with E-state index in [1.807, 2.05) is 0 Å². The number of alkyl halides is 1. The Labute approximate surface area is 184 Å². The van der Waals surface area contributed by atoms with Crippen molar-refractivity contribution in [2.45, 2.75) is 6.92 Å². The van der Waals surface area contributed by atoms with Crippen molar-refractivity contribution >= 4 is 74.1 Å². The Morgan fingerprint density at radius 2 is 1.93 bits per heavy atom. The maximum absolute atomic E-state index is 12.6. The quantitative estimate of drug-likeness (QED) is 0.133. The number of ether oxygens (including phenoxy) is 1. The van der Waals surface area contributed by atoms with Crippen LogP contribution in [-0.2, 0) is 14.4 Å². The van der Waals surface area contributed by atoms with E-state index < -0.39 is 11.9 Å². The number of hydrogen-bond acceptors (Lipinski definition) is 6. The van der Waals surface area contributed by atoms with Gasteiger partial charge in [-0.25, -0.2) is 9.59 Å². The zero-order chi connectivity index (χ0) is 21.1. The number of hydrogen-bond donors (Lipinski definition) is 2. The topological polar surface area (TPSA) is 107 Å². The van der Waals surface area contributed by atoms with Crippen molar-refractivity contribution < 1.29 is 19.2 Å². The molecule has 0 amide bonds. The monoisotopic (exact) mass is 473 g/mol. The minimum absolute atomic E-state index is 0.0537. The summed E-state index contributed by atoms with van der Waals surface area (Å²) in [6.07, 6.45) is 0. The van der Waals surface area contributed by atoms with Crippen LogP contribution in [0.25, 0.3) is 21.3 Å². The summed E-state index contributed by atoms with van der Waals surface area (Å²) in [5.41, 5.74) is 8.37. The fraction of sp³-hybridized carbons (Fsp3) is 0.167. The third kappa shape index (κ3) is 4.51. The van der Waals surface area contributed by atoms with Gasteiger partial charge in [-0.1, -0.05) is 28.4 Å². The molecule has 0 spiro atoms. The molecule has 0 fully saturated rings. The molecular weight excluding hydrogens is 461 g/mol. The van der Waals surface area contributed by atoms with Crippen LogP contribution >= 0.6 is 46.1 Å². The van der Waals surface area contributed by atoms with E-state index in [0.29, 0.717) is 37.0 Å². The first-order chi connectivity index (χ1) is 13.8. The van der Waals surface area contributed by atoms with E-state index in [4.69, 9.17) is 45.3 Å². The fourth-order valence-electron chi connectivity index (χ4n) is 2.66. The number of rotatable bonds is 6. The second-order valence-corrected chi connectivity index (χ2v) is 7.70. The number of benzene rings is 1. The maximum atomic E-state index is 12.6. The number of oxime groups is 1. The summed E-state index contributed by atoms with van der Waals surface area (Å²) in [5, 5.41) is 6.16. The van der Waals surface area contributed by atoms with Crippen LogP contribution in [-0.4, -0.2) is 35.2 Å². The van der Waals surface area contributed by atoms with Gasteiger partial charge in [0.1, 0.15) is 11.6 Å². The standard InChI is InChI=1S/C18H14Cl3N3O4S/c1-2-27-18(26)15-13(8-3-9(20)5-10(21)4-8)16-14(23-15)11(7-29-16)17(22)24-28-12(25)6-19/h3-5,7,23H,2,6H2,1H3,(H2,22,24). The Morgan fingerprint density at radius 3 is 2.55 bits per heavy atom. The summed E-state index contributed by atoms with van der Waals surface area (Å²) in [6, 6.07) is 4.98. The first-order valence-electron chi connectivity index (χ1n) is 8.22. The summed E-state index contributed by atoms with van der Waals surface area (Å²) in [7, 11) is 0. The van der Waals surface area contributed by atoms with E-state index in [1.54, 1.807) is 30.5 Å². The lowest BCUT2D eigenvalue weighted by molar-refractivity contribution is -0.140. The highest BCUT2D eigenvalue weighted by molar-refractivity contribution is 7.18. The van der Waals surface area contributed by atoms with Gasteiger partial charge in [-0.3, -0.25) is 0 Å².